The molecule has 1 aromatic carbocycles. The van der Waals surface area contributed by atoms with Crippen LogP contribution in [0.5, 0.6) is 0 Å². The van der Waals surface area contributed by atoms with Gasteiger partial charge in [0.2, 0.25) is 0 Å². The lowest BCUT2D eigenvalue weighted by Crippen LogP contribution is -2.31. The maximum absolute atomic E-state index is 12.1. The molecule has 1 heterocycles. The summed E-state index contributed by atoms with van der Waals surface area (Å²) in [7, 11) is 0. The van der Waals surface area contributed by atoms with Crippen molar-refractivity contribution in [3.63, 3.8) is 0 Å². The molecule has 0 saturated heterocycles. The van der Waals surface area contributed by atoms with E-state index in [1.807, 2.05) is 29.6 Å². The molecule has 0 aliphatic heterocycles. The Balaban J connectivity index is 0.00000242. The molecular formula is C16H19Cl2NO2S. The number of benzene rings is 1. The van der Waals surface area contributed by atoms with E-state index in [-0.39, 0.29) is 18.4 Å². The second-order valence-electron chi connectivity index (χ2n) is 4.49. The molecule has 0 aliphatic rings. The predicted molar refractivity (Wildman–Crippen MR) is 94.1 cm³/mol. The fourth-order valence-electron chi connectivity index (χ4n) is 2.05. The van der Waals surface area contributed by atoms with Gasteiger partial charge < -0.3 is 10.1 Å². The largest absolute Gasteiger partial charge is 0.465 e. The summed E-state index contributed by atoms with van der Waals surface area (Å²) in [4.78, 5) is 13.4. The number of carbonyl (C=O) groups is 1. The van der Waals surface area contributed by atoms with Crippen LogP contribution in [0.15, 0.2) is 41.8 Å². The molecule has 22 heavy (non-hydrogen) atoms. The Kier molecular flexibility index (Phi) is 8.49. The monoisotopic (exact) mass is 359 g/mol. The molecule has 2 rings (SSSR count). The first-order valence-electron chi connectivity index (χ1n) is 6.89. The van der Waals surface area contributed by atoms with E-state index in [4.69, 9.17) is 16.3 Å². The van der Waals surface area contributed by atoms with Crippen molar-refractivity contribution in [3.8, 4) is 0 Å². The van der Waals surface area contributed by atoms with E-state index < -0.39 is 6.04 Å². The molecule has 0 aliphatic carbocycles. The Labute approximate surface area is 146 Å². The predicted octanol–water partition coefficient (Wildman–Crippen LogP) is 4.26. The van der Waals surface area contributed by atoms with Gasteiger partial charge in [-0.1, -0.05) is 35.9 Å². The molecule has 3 nitrogen and oxygen atoms in total. The van der Waals surface area contributed by atoms with Crippen LogP contribution in [-0.2, 0) is 16.0 Å². The Morgan fingerprint density at radius 3 is 2.73 bits per heavy atom. The third-order valence-electron chi connectivity index (χ3n) is 3.04. The SMILES string of the molecule is CCOC(=O)[C@@H](NCCc1cccs1)c1ccccc1Cl.Cl. The van der Waals surface area contributed by atoms with Gasteiger partial charge in [0, 0.05) is 16.4 Å². The van der Waals surface area contributed by atoms with Crippen LogP contribution in [0.25, 0.3) is 0 Å². The second-order valence-corrected chi connectivity index (χ2v) is 5.93. The first-order chi connectivity index (χ1) is 10.2. The Hall–Kier alpha value is -1.07. The van der Waals surface area contributed by atoms with Crippen LogP contribution in [0.1, 0.15) is 23.4 Å². The molecule has 0 unspecified atom stereocenters. The Morgan fingerprint density at radius 1 is 1.32 bits per heavy atom. The number of nitrogens with one attached hydrogen (secondary N) is 1. The molecule has 1 N–H and O–H groups in total. The van der Waals surface area contributed by atoms with Gasteiger partial charge in [-0.05, 0) is 36.4 Å². The van der Waals surface area contributed by atoms with E-state index in [0.29, 0.717) is 18.2 Å². The van der Waals surface area contributed by atoms with Crippen molar-refractivity contribution >= 4 is 41.3 Å². The van der Waals surface area contributed by atoms with E-state index >= 15 is 0 Å². The number of esters is 1. The zero-order chi connectivity index (χ0) is 15.1. The van der Waals surface area contributed by atoms with Crippen LogP contribution in [0.4, 0.5) is 0 Å². The van der Waals surface area contributed by atoms with Gasteiger partial charge in [-0.2, -0.15) is 0 Å². The summed E-state index contributed by atoms with van der Waals surface area (Å²) in [5, 5.41) is 5.86. The van der Waals surface area contributed by atoms with Crippen molar-refractivity contribution in [3.05, 3.63) is 57.2 Å². The number of halogens is 2. The third-order valence-corrected chi connectivity index (χ3v) is 4.32. The smallest absolute Gasteiger partial charge is 0.327 e. The summed E-state index contributed by atoms with van der Waals surface area (Å²) in [5.41, 5.74) is 0.754. The average Bonchev–Trinajstić information content (AvgIpc) is 2.98. The maximum atomic E-state index is 12.1. The van der Waals surface area contributed by atoms with Crippen LogP contribution < -0.4 is 5.32 Å². The number of hydrogen-bond acceptors (Lipinski definition) is 4. The fourth-order valence-corrected chi connectivity index (χ4v) is 3.00. The average molecular weight is 360 g/mol. The number of hydrogen-bond donors (Lipinski definition) is 1. The Bertz CT molecular complexity index is 575. The molecule has 0 amide bonds. The molecule has 0 bridgehead atoms. The summed E-state index contributed by atoms with van der Waals surface area (Å²) < 4.78 is 5.14. The van der Waals surface area contributed by atoms with Crippen molar-refractivity contribution in [2.24, 2.45) is 0 Å². The number of rotatable bonds is 7. The minimum Gasteiger partial charge on any atom is -0.465 e. The summed E-state index contributed by atoms with van der Waals surface area (Å²) in [6, 6.07) is 10.9. The lowest BCUT2D eigenvalue weighted by Gasteiger charge is -2.18. The highest BCUT2D eigenvalue weighted by molar-refractivity contribution is 7.09. The second kappa shape index (κ2) is 9.85. The van der Waals surface area contributed by atoms with Crippen LogP contribution >= 0.6 is 35.3 Å². The summed E-state index contributed by atoms with van der Waals surface area (Å²) >= 11 is 7.91. The third kappa shape index (κ3) is 5.29. The van der Waals surface area contributed by atoms with Gasteiger partial charge in [0.15, 0.2) is 0 Å². The van der Waals surface area contributed by atoms with Gasteiger partial charge in [0.1, 0.15) is 6.04 Å². The van der Waals surface area contributed by atoms with E-state index in [1.54, 1.807) is 24.3 Å². The highest BCUT2D eigenvalue weighted by atomic mass is 35.5. The number of ether oxygens (including phenoxy) is 1. The van der Waals surface area contributed by atoms with E-state index in [9.17, 15) is 4.79 Å². The zero-order valence-electron chi connectivity index (χ0n) is 12.3. The molecule has 0 spiro atoms. The normalized spacial score (nSPS) is 11.5. The van der Waals surface area contributed by atoms with Crippen molar-refractivity contribution in [1.82, 2.24) is 5.32 Å². The first kappa shape index (κ1) is 19.0. The minimum absolute atomic E-state index is 0. The van der Waals surface area contributed by atoms with Gasteiger partial charge >= 0.3 is 5.97 Å². The van der Waals surface area contributed by atoms with E-state index in [0.717, 1.165) is 12.0 Å². The molecule has 0 fully saturated rings. The van der Waals surface area contributed by atoms with E-state index in [1.165, 1.54) is 4.88 Å². The summed E-state index contributed by atoms with van der Waals surface area (Å²) in [6.45, 7) is 2.84. The molecule has 0 radical (unpaired) electrons. The molecule has 120 valence electrons. The Morgan fingerprint density at radius 2 is 2.09 bits per heavy atom. The molecule has 1 aromatic heterocycles. The summed E-state index contributed by atoms with van der Waals surface area (Å²) in [6.07, 6.45) is 0.873. The van der Waals surface area contributed by atoms with Gasteiger partial charge in [0.25, 0.3) is 0 Å². The lowest BCUT2D eigenvalue weighted by atomic mass is 10.1. The quantitative estimate of drug-likeness (QED) is 0.750. The lowest BCUT2D eigenvalue weighted by molar-refractivity contribution is -0.145. The van der Waals surface area contributed by atoms with Crippen LogP contribution in [0, 0.1) is 0 Å². The van der Waals surface area contributed by atoms with Crippen molar-refractivity contribution in [2.45, 2.75) is 19.4 Å². The highest BCUT2D eigenvalue weighted by Gasteiger charge is 2.23. The molecule has 6 heteroatoms. The van der Waals surface area contributed by atoms with Crippen LogP contribution in [-0.4, -0.2) is 19.1 Å². The topological polar surface area (TPSA) is 38.3 Å². The summed E-state index contributed by atoms with van der Waals surface area (Å²) in [5.74, 6) is -0.295. The molecule has 0 saturated carbocycles. The first-order valence-corrected chi connectivity index (χ1v) is 8.15. The van der Waals surface area contributed by atoms with Gasteiger partial charge in [-0.15, -0.1) is 23.7 Å². The highest BCUT2D eigenvalue weighted by Crippen LogP contribution is 2.24. The van der Waals surface area contributed by atoms with Gasteiger partial charge in [-0.3, -0.25) is 0 Å². The molecule has 1 atom stereocenters. The van der Waals surface area contributed by atoms with Gasteiger partial charge in [0.05, 0.1) is 6.61 Å². The van der Waals surface area contributed by atoms with Crippen molar-refractivity contribution < 1.29 is 9.53 Å². The van der Waals surface area contributed by atoms with E-state index in [2.05, 4.69) is 11.4 Å². The molecular weight excluding hydrogens is 341 g/mol. The van der Waals surface area contributed by atoms with Crippen LogP contribution in [0.3, 0.4) is 0 Å². The van der Waals surface area contributed by atoms with Gasteiger partial charge in [-0.25, -0.2) is 4.79 Å². The minimum atomic E-state index is -0.529. The zero-order valence-corrected chi connectivity index (χ0v) is 14.6. The fraction of sp³-hybridized carbons (Fsp3) is 0.312. The van der Waals surface area contributed by atoms with Crippen molar-refractivity contribution in [2.75, 3.05) is 13.2 Å². The number of carbonyl (C=O) groups excluding carboxylic acids is 1. The maximum Gasteiger partial charge on any atom is 0.327 e. The number of thiophene rings is 1. The van der Waals surface area contributed by atoms with Crippen molar-refractivity contribution in [1.29, 1.82) is 0 Å². The molecule has 2 aromatic rings. The standard InChI is InChI=1S/C16H18ClNO2S.ClH/c1-2-20-16(19)15(13-7-3-4-8-14(13)17)18-10-9-12-6-5-11-21-12;/h3-8,11,15,18H,2,9-10H2,1H3;1H/t15-;/m0./s1. The van der Waals surface area contributed by atoms with Crippen LogP contribution in [0.2, 0.25) is 5.02 Å².